The van der Waals surface area contributed by atoms with Gasteiger partial charge in [-0.3, -0.25) is 9.59 Å². The molecule has 0 aliphatic heterocycles. The predicted molar refractivity (Wildman–Crippen MR) is 361 cm³/mol. The van der Waals surface area contributed by atoms with Gasteiger partial charge in [0.25, 0.3) is 0 Å². The molecule has 0 aromatic heterocycles. The van der Waals surface area contributed by atoms with Crippen LogP contribution in [-0.4, -0.2) is 47.4 Å². The Labute approximate surface area is 513 Å². The van der Waals surface area contributed by atoms with Crippen LogP contribution in [0.25, 0.3) is 0 Å². The van der Waals surface area contributed by atoms with Crippen LogP contribution in [0.1, 0.15) is 412 Å². The van der Waals surface area contributed by atoms with Gasteiger partial charge in [-0.25, -0.2) is 0 Å². The first-order chi connectivity index (χ1) is 40.5. The molecule has 0 saturated heterocycles. The largest absolute Gasteiger partial charge is 0.466 e. The van der Waals surface area contributed by atoms with E-state index >= 15 is 0 Å². The molecule has 3 N–H and O–H groups in total. The number of carbonyl (C=O) groups is 2. The van der Waals surface area contributed by atoms with Gasteiger partial charge in [0.1, 0.15) is 0 Å². The number of nitrogens with one attached hydrogen (secondary N) is 1. The van der Waals surface area contributed by atoms with Crippen LogP contribution in [0, 0.1) is 0 Å². The molecule has 2 unspecified atom stereocenters. The Bertz CT molecular complexity index is 1330. The molecule has 82 heavy (non-hydrogen) atoms. The Kier molecular flexibility index (Phi) is 69.9. The fourth-order valence-electron chi connectivity index (χ4n) is 11.7. The zero-order valence-electron chi connectivity index (χ0n) is 55.5. The van der Waals surface area contributed by atoms with Gasteiger partial charge in [0.2, 0.25) is 5.91 Å². The van der Waals surface area contributed by atoms with Crippen molar-refractivity contribution in [2.45, 2.75) is 424 Å². The third kappa shape index (κ3) is 67.2. The van der Waals surface area contributed by atoms with Crippen molar-refractivity contribution in [2.75, 3.05) is 13.2 Å². The minimum absolute atomic E-state index is 0.0151. The van der Waals surface area contributed by atoms with Crippen LogP contribution in [0.15, 0.2) is 36.5 Å². The molecule has 0 aliphatic rings. The van der Waals surface area contributed by atoms with E-state index in [4.69, 9.17) is 4.74 Å². The summed E-state index contributed by atoms with van der Waals surface area (Å²) in [6, 6.07) is -0.627. The molecule has 0 spiro atoms. The third-order valence-corrected chi connectivity index (χ3v) is 17.4. The summed E-state index contributed by atoms with van der Waals surface area (Å²) in [5.41, 5.74) is 0. The number of hydrogen-bond donors (Lipinski definition) is 3. The second-order valence-electron chi connectivity index (χ2n) is 25.6. The van der Waals surface area contributed by atoms with E-state index in [1.54, 1.807) is 6.08 Å². The fourth-order valence-corrected chi connectivity index (χ4v) is 11.7. The molecule has 0 radical (unpaired) electrons. The quantitative estimate of drug-likeness (QED) is 0.0320. The Balaban J connectivity index is 3.40. The van der Waals surface area contributed by atoms with Crippen molar-refractivity contribution in [2.24, 2.45) is 0 Å². The first-order valence-electron chi connectivity index (χ1n) is 37.3. The van der Waals surface area contributed by atoms with E-state index in [2.05, 4.69) is 43.5 Å². The molecule has 6 heteroatoms. The van der Waals surface area contributed by atoms with Crippen molar-refractivity contribution in [3.8, 4) is 0 Å². The molecule has 6 nitrogen and oxygen atoms in total. The van der Waals surface area contributed by atoms with Crippen molar-refractivity contribution in [1.82, 2.24) is 5.32 Å². The Morgan fingerprint density at radius 3 is 0.927 bits per heavy atom. The van der Waals surface area contributed by atoms with Crippen molar-refractivity contribution >= 4 is 11.9 Å². The van der Waals surface area contributed by atoms with Gasteiger partial charge in [0.15, 0.2) is 0 Å². The van der Waals surface area contributed by atoms with Gasteiger partial charge in [-0.1, -0.05) is 371 Å². The Morgan fingerprint density at radius 1 is 0.341 bits per heavy atom. The zero-order valence-corrected chi connectivity index (χ0v) is 55.5. The summed E-state index contributed by atoms with van der Waals surface area (Å²) in [4.78, 5) is 24.6. The molecular weight excluding hydrogens is 1010 g/mol. The van der Waals surface area contributed by atoms with E-state index in [1.807, 2.05) is 6.08 Å². The van der Waals surface area contributed by atoms with Crippen LogP contribution in [0.4, 0.5) is 0 Å². The molecule has 0 saturated carbocycles. The molecule has 0 fully saturated rings. The standard InChI is InChI=1S/C76H145NO5/c1-3-5-7-9-11-13-15-17-18-19-20-36-39-42-45-48-52-56-60-64-68-74(79)73(72-78)77-75(80)69-65-61-57-53-49-46-43-40-37-34-32-30-28-26-24-22-21-23-25-27-29-31-33-35-38-41-44-47-51-55-59-63-67-71-82-76(81)70-66-62-58-54-50-16-14-12-10-8-6-4-2/h25,27,31,33,64,68,73-74,78-79H,3-24,26,28-30,32,34-63,65-67,69-72H2,1-2H3,(H,77,80)/b27-25-,33-31-,68-64+. The van der Waals surface area contributed by atoms with Crippen LogP contribution in [-0.2, 0) is 14.3 Å². The lowest BCUT2D eigenvalue weighted by molar-refractivity contribution is -0.143. The number of hydrogen-bond acceptors (Lipinski definition) is 5. The van der Waals surface area contributed by atoms with Crippen molar-refractivity contribution in [1.29, 1.82) is 0 Å². The summed E-state index contributed by atoms with van der Waals surface area (Å²) in [5, 5.41) is 23.3. The highest BCUT2D eigenvalue weighted by molar-refractivity contribution is 5.76. The average Bonchev–Trinajstić information content (AvgIpc) is 3.48. The van der Waals surface area contributed by atoms with E-state index in [9.17, 15) is 19.8 Å². The smallest absolute Gasteiger partial charge is 0.305 e. The Hall–Kier alpha value is -1.92. The molecule has 0 aromatic rings. The average molecular weight is 1150 g/mol. The summed E-state index contributed by atoms with van der Waals surface area (Å²) in [7, 11) is 0. The molecule has 0 bridgehead atoms. The fraction of sp³-hybridized carbons (Fsp3) is 0.895. The number of aliphatic hydroxyl groups is 2. The number of rotatable bonds is 70. The maximum Gasteiger partial charge on any atom is 0.305 e. The molecule has 1 amide bonds. The molecule has 0 aliphatic carbocycles. The number of carbonyl (C=O) groups excluding carboxylic acids is 2. The van der Waals surface area contributed by atoms with E-state index in [0.29, 0.717) is 19.4 Å². The van der Waals surface area contributed by atoms with Crippen molar-refractivity contribution < 1.29 is 24.5 Å². The maximum atomic E-state index is 12.5. The maximum absolute atomic E-state index is 12.5. The normalized spacial score (nSPS) is 12.7. The number of ether oxygens (including phenoxy) is 1. The molecule has 0 aromatic carbocycles. The van der Waals surface area contributed by atoms with Crippen LogP contribution in [0.2, 0.25) is 0 Å². The summed E-state index contributed by atoms with van der Waals surface area (Å²) in [5.74, 6) is -0.0471. The second kappa shape index (κ2) is 71.6. The number of amides is 1. The van der Waals surface area contributed by atoms with Gasteiger partial charge < -0.3 is 20.3 Å². The van der Waals surface area contributed by atoms with Gasteiger partial charge in [0.05, 0.1) is 25.4 Å². The number of unbranched alkanes of at least 4 members (excludes halogenated alkanes) is 55. The number of esters is 1. The van der Waals surface area contributed by atoms with E-state index in [0.717, 1.165) is 44.9 Å². The minimum atomic E-state index is -0.844. The highest BCUT2D eigenvalue weighted by Crippen LogP contribution is 2.19. The number of aliphatic hydroxyl groups excluding tert-OH is 2. The number of allylic oxidation sites excluding steroid dienone is 5. The highest BCUT2D eigenvalue weighted by atomic mass is 16.5. The molecule has 0 rings (SSSR count). The van der Waals surface area contributed by atoms with Crippen LogP contribution >= 0.6 is 0 Å². The summed E-state index contributed by atoms with van der Waals surface area (Å²) in [6.07, 6.45) is 92.4. The van der Waals surface area contributed by atoms with Gasteiger partial charge in [0, 0.05) is 12.8 Å². The highest BCUT2D eigenvalue weighted by Gasteiger charge is 2.18. The van der Waals surface area contributed by atoms with Crippen LogP contribution < -0.4 is 5.32 Å². The summed E-state index contributed by atoms with van der Waals surface area (Å²) in [6.45, 7) is 4.94. The Morgan fingerprint density at radius 2 is 0.610 bits per heavy atom. The van der Waals surface area contributed by atoms with Gasteiger partial charge in [-0.2, -0.15) is 0 Å². The van der Waals surface area contributed by atoms with Crippen LogP contribution in [0.5, 0.6) is 0 Å². The van der Waals surface area contributed by atoms with Gasteiger partial charge in [-0.05, 0) is 64.2 Å². The monoisotopic (exact) mass is 1150 g/mol. The predicted octanol–water partition coefficient (Wildman–Crippen LogP) is 24.3. The van der Waals surface area contributed by atoms with Crippen molar-refractivity contribution in [3.63, 3.8) is 0 Å². The zero-order chi connectivity index (χ0) is 59.2. The summed E-state index contributed by atoms with van der Waals surface area (Å²) >= 11 is 0. The second-order valence-corrected chi connectivity index (χ2v) is 25.6. The summed E-state index contributed by atoms with van der Waals surface area (Å²) < 4.78 is 5.48. The molecule has 0 heterocycles. The lowest BCUT2D eigenvalue weighted by atomic mass is 10.0. The van der Waals surface area contributed by atoms with Crippen molar-refractivity contribution in [3.05, 3.63) is 36.5 Å². The topological polar surface area (TPSA) is 95.9 Å². The van der Waals surface area contributed by atoms with Gasteiger partial charge >= 0.3 is 5.97 Å². The lowest BCUT2D eigenvalue weighted by Crippen LogP contribution is -2.45. The first-order valence-corrected chi connectivity index (χ1v) is 37.3. The third-order valence-electron chi connectivity index (χ3n) is 17.4. The first kappa shape index (κ1) is 80.1. The van der Waals surface area contributed by atoms with Gasteiger partial charge in [-0.15, -0.1) is 0 Å². The SMILES string of the molecule is CCCCCCCCCCCCCCCCCCCC/C=C/C(O)C(CO)NC(=O)CCCCCCCCCCCCCCCCCCC/C=C\C/C=C\CCCCCCCCCCCOC(=O)CCCCCCCCCCCCCC. The molecule has 2 atom stereocenters. The van der Waals surface area contributed by atoms with E-state index in [-0.39, 0.29) is 18.5 Å². The van der Waals surface area contributed by atoms with E-state index in [1.165, 1.54) is 340 Å². The van der Waals surface area contributed by atoms with E-state index < -0.39 is 12.1 Å². The lowest BCUT2D eigenvalue weighted by Gasteiger charge is -2.20. The molecule has 484 valence electrons. The minimum Gasteiger partial charge on any atom is -0.466 e. The van der Waals surface area contributed by atoms with Crippen LogP contribution in [0.3, 0.4) is 0 Å². The molecular formula is C76H145NO5.